The molecule has 1 aliphatic rings. The minimum atomic E-state index is -1.07. The van der Waals surface area contributed by atoms with Gasteiger partial charge >= 0.3 is 11.9 Å². The normalized spacial score (nSPS) is 21.2. The van der Waals surface area contributed by atoms with Crippen molar-refractivity contribution in [2.75, 3.05) is 19.6 Å². The van der Waals surface area contributed by atoms with E-state index < -0.39 is 24.0 Å². The number of Topliss-reactive ketones (excluding diaryl/α,β-unsaturated/α-hetero) is 1. The summed E-state index contributed by atoms with van der Waals surface area (Å²) in [6.07, 6.45) is 0.487. The summed E-state index contributed by atoms with van der Waals surface area (Å²) in [6.45, 7) is -0.242. The standard InChI is InChI=1S/C11H17N3O5S/c12-7(10(20)13-3-9(16)17)5-14-4-6(15)1-2-8(14)11(18)19/h7-8H,1-5,12H2,(H,13,20)(H,16,17)(H,18,19). The molecule has 20 heavy (non-hydrogen) atoms. The van der Waals surface area contributed by atoms with Crippen molar-refractivity contribution in [3.63, 3.8) is 0 Å². The van der Waals surface area contributed by atoms with Gasteiger partial charge in [-0.05, 0) is 6.42 Å². The average Bonchev–Trinajstić information content (AvgIpc) is 2.35. The summed E-state index contributed by atoms with van der Waals surface area (Å²) in [4.78, 5) is 34.5. The van der Waals surface area contributed by atoms with Crippen molar-refractivity contribution in [3.05, 3.63) is 0 Å². The smallest absolute Gasteiger partial charge is 0.322 e. The van der Waals surface area contributed by atoms with Crippen LogP contribution in [0.15, 0.2) is 0 Å². The number of carboxylic acids is 2. The van der Waals surface area contributed by atoms with Crippen LogP contribution in [0.1, 0.15) is 12.8 Å². The second kappa shape index (κ2) is 7.27. The van der Waals surface area contributed by atoms with Gasteiger partial charge in [0.25, 0.3) is 0 Å². The lowest BCUT2D eigenvalue weighted by Crippen LogP contribution is -2.55. The lowest BCUT2D eigenvalue weighted by atomic mass is 10.0. The molecule has 1 heterocycles. The lowest BCUT2D eigenvalue weighted by Gasteiger charge is -2.33. The zero-order valence-corrected chi connectivity index (χ0v) is 11.6. The highest BCUT2D eigenvalue weighted by Gasteiger charge is 2.33. The molecule has 2 unspecified atom stereocenters. The SMILES string of the molecule is NC(CN1CC(=O)CCC1C(=O)O)C(=S)NCC(=O)O. The summed E-state index contributed by atoms with van der Waals surface area (Å²) in [5.74, 6) is -2.12. The quantitative estimate of drug-likeness (QED) is 0.429. The molecule has 1 rings (SSSR count). The van der Waals surface area contributed by atoms with Crippen LogP contribution in [-0.4, -0.2) is 69.5 Å². The molecule has 112 valence electrons. The number of hydrogen-bond acceptors (Lipinski definition) is 6. The Kier molecular flexibility index (Phi) is 5.99. The highest BCUT2D eigenvalue weighted by molar-refractivity contribution is 7.80. The van der Waals surface area contributed by atoms with E-state index in [1.165, 1.54) is 4.90 Å². The third-order valence-corrected chi connectivity index (χ3v) is 3.43. The second-order valence-corrected chi connectivity index (χ2v) is 5.02. The van der Waals surface area contributed by atoms with E-state index >= 15 is 0 Å². The molecule has 0 saturated carbocycles. The largest absolute Gasteiger partial charge is 0.480 e. The number of carbonyl (C=O) groups excluding carboxylic acids is 1. The molecule has 0 aromatic carbocycles. The van der Waals surface area contributed by atoms with Crippen LogP contribution in [0.25, 0.3) is 0 Å². The Morgan fingerprint density at radius 1 is 1.50 bits per heavy atom. The minimum Gasteiger partial charge on any atom is -0.480 e. The van der Waals surface area contributed by atoms with E-state index in [-0.39, 0.29) is 43.2 Å². The van der Waals surface area contributed by atoms with Gasteiger partial charge in [-0.15, -0.1) is 0 Å². The number of thiocarbonyl (C=S) groups is 1. The van der Waals surface area contributed by atoms with E-state index in [1.807, 2.05) is 0 Å². The molecular formula is C11H17N3O5S. The number of hydrogen-bond donors (Lipinski definition) is 4. The number of rotatable bonds is 6. The van der Waals surface area contributed by atoms with Crippen molar-refractivity contribution in [2.45, 2.75) is 24.9 Å². The molecule has 0 radical (unpaired) electrons. The molecule has 0 spiro atoms. The van der Waals surface area contributed by atoms with Gasteiger partial charge in [0, 0.05) is 13.0 Å². The highest BCUT2D eigenvalue weighted by atomic mass is 32.1. The molecule has 2 atom stereocenters. The number of carboxylic acid groups (broad SMARTS) is 2. The summed E-state index contributed by atoms with van der Waals surface area (Å²) >= 11 is 4.94. The first-order valence-corrected chi connectivity index (χ1v) is 6.45. The number of carbonyl (C=O) groups is 3. The predicted molar refractivity (Wildman–Crippen MR) is 73.4 cm³/mol. The van der Waals surface area contributed by atoms with Gasteiger partial charge < -0.3 is 21.3 Å². The number of likely N-dealkylation sites (tertiary alicyclic amines) is 1. The predicted octanol–water partition coefficient (Wildman–Crippen LogP) is -1.57. The number of nitrogens with zero attached hydrogens (tertiary/aromatic N) is 1. The maximum Gasteiger partial charge on any atom is 0.322 e. The van der Waals surface area contributed by atoms with Gasteiger partial charge in [-0.25, -0.2) is 0 Å². The van der Waals surface area contributed by atoms with Crippen LogP contribution in [0.2, 0.25) is 0 Å². The molecule has 0 aromatic rings. The van der Waals surface area contributed by atoms with E-state index in [0.717, 1.165) is 0 Å². The number of nitrogens with one attached hydrogen (secondary N) is 1. The van der Waals surface area contributed by atoms with E-state index in [1.54, 1.807) is 0 Å². The van der Waals surface area contributed by atoms with Gasteiger partial charge in [-0.2, -0.15) is 0 Å². The summed E-state index contributed by atoms with van der Waals surface area (Å²) in [6, 6.07) is -1.49. The summed E-state index contributed by atoms with van der Waals surface area (Å²) in [5, 5.41) is 20.1. The second-order valence-electron chi connectivity index (χ2n) is 4.58. The number of piperidine rings is 1. The zero-order valence-electron chi connectivity index (χ0n) is 10.7. The van der Waals surface area contributed by atoms with Crippen molar-refractivity contribution in [2.24, 2.45) is 5.73 Å². The van der Waals surface area contributed by atoms with Gasteiger partial charge in [0.1, 0.15) is 18.4 Å². The first-order valence-electron chi connectivity index (χ1n) is 6.05. The molecule has 5 N–H and O–H groups in total. The third kappa shape index (κ3) is 4.83. The van der Waals surface area contributed by atoms with Crippen LogP contribution < -0.4 is 11.1 Å². The van der Waals surface area contributed by atoms with E-state index in [4.69, 9.17) is 28.2 Å². The van der Waals surface area contributed by atoms with Crippen LogP contribution in [0.5, 0.6) is 0 Å². The molecule has 1 aliphatic heterocycles. The Balaban J connectivity index is 2.58. The van der Waals surface area contributed by atoms with Crippen LogP contribution >= 0.6 is 12.2 Å². The molecule has 8 nitrogen and oxygen atoms in total. The molecule has 1 saturated heterocycles. The fraction of sp³-hybridized carbons (Fsp3) is 0.636. The Labute approximate surface area is 120 Å². The summed E-state index contributed by atoms with van der Waals surface area (Å²) in [5.41, 5.74) is 5.80. The monoisotopic (exact) mass is 303 g/mol. The van der Waals surface area contributed by atoms with E-state index in [9.17, 15) is 14.4 Å². The van der Waals surface area contributed by atoms with Crippen molar-refractivity contribution in [3.8, 4) is 0 Å². The van der Waals surface area contributed by atoms with Crippen molar-refractivity contribution >= 4 is 34.9 Å². The highest BCUT2D eigenvalue weighted by Crippen LogP contribution is 2.15. The maximum absolute atomic E-state index is 11.4. The van der Waals surface area contributed by atoms with Crippen LogP contribution in [0.4, 0.5) is 0 Å². The van der Waals surface area contributed by atoms with Gasteiger partial charge in [-0.1, -0.05) is 12.2 Å². The fourth-order valence-corrected chi connectivity index (χ4v) is 2.14. The first-order chi connectivity index (χ1) is 9.31. The van der Waals surface area contributed by atoms with Crippen LogP contribution in [-0.2, 0) is 14.4 Å². The van der Waals surface area contributed by atoms with Crippen molar-refractivity contribution in [1.29, 1.82) is 0 Å². The topological polar surface area (TPSA) is 133 Å². The average molecular weight is 303 g/mol. The van der Waals surface area contributed by atoms with Crippen molar-refractivity contribution in [1.82, 2.24) is 10.2 Å². The Morgan fingerprint density at radius 2 is 2.15 bits per heavy atom. The number of ketones is 1. The lowest BCUT2D eigenvalue weighted by molar-refractivity contribution is -0.146. The van der Waals surface area contributed by atoms with Gasteiger partial charge in [-0.3, -0.25) is 19.3 Å². The van der Waals surface area contributed by atoms with Crippen molar-refractivity contribution < 1.29 is 24.6 Å². The summed E-state index contributed by atoms with van der Waals surface area (Å²) in [7, 11) is 0. The molecule has 1 fully saturated rings. The van der Waals surface area contributed by atoms with Gasteiger partial charge in [0.2, 0.25) is 0 Å². The fourth-order valence-electron chi connectivity index (χ4n) is 2.00. The van der Waals surface area contributed by atoms with Gasteiger partial charge in [0.05, 0.1) is 17.6 Å². The minimum absolute atomic E-state index is 0.0201. The Bertz CT molecular complexity index is 428. The number of aliphatic carboxylic acids is 2. The molecule has 0 bridgehead atoms. The molecule has 0 aliphatic carbocycles. The van der Waals surface area contributed by atoms with Gasteiger partial charge in [0.15, 0.2) is 0 Å². The maximum atomic E-state index is 11.4. The third-order valence-electron chi connectivity index (χ3n) is 2.98. The molecule has 9 heteroatoms. The Morgan fingerprint density at radius 3 is 2.70 bits per heavy atom. The first kappa shape index (κ1) is 16.5. The van der Waals surface area contributed by atoms with Crippen LogP contribution in [0.3, 0.4) is 0 Å². The van der Waals surface area contributed by atoms with E-state index in [0.29, 0.717) is 0 Å². The summed E-state index contributed by atoms with van der Waals surface area (Å²) < 4.78 is 0. The molecular weight excluding hydrogens is 286 g/mol. The number of nitrogens with two attached hydrogens (primary N) is 1. The molecule has 0 amide bonds. The molecule has 0 aromatic heterocycles. The van der Waals surface area contributed by atoms with E-state index in [2.05, 4.69) is 5.32 Å². The zero-order chi connectivity index (χ0) is 15.3. The van der Waals surface area contributed by atoms with Crippen LogP contribution in [0, 0.1) is 0 Å². The Hall–Kier alpha value is -1.58.